The van der Waals surface area contributed by atoms with E-state index in [-0.39, 0.29) is 17.9 Å². The van der Waals surface area contributed by atoms with Crippen molar-refractivity contribution in [3.8, 4) is 0 Å². The number of aromatic nitrogens is 1. The average molecular weight is 474 g/mol. The molecule has 1 saturated carbocycles. The van der Waals surface area contributed by atoms with Crippen LogP contribution >= 0.6 is 23.2 Å². The van der Waals surface area contributed by atoms with Crippen LogP contribution in [-0.4, -0.2) is 21.5 Å². The van der Waals surface area contributed by atoms with Crippen molar-refractivity contribution in [3.05, 3.63) is 87.9 Å². The number of hydrogen-bond donors (Lipinski definition) is 1. The van der Waals surface area contributed by atoms with E-state index in [1.54, 1.807) is 30.3 Å². The molecule has 1 N–H and O–H groups in total. The lowest BCUT2D eigenvalue weighted by Crippen LogP contribution is -2.43. The third kappa shape index (κ3) is 5.64. The number of hydrogen-bond acceptors (Lipinski definition) is 1. The number of anilines is 1. The van der Waals surface area contributed by atoms with Crippen molar-refractivity contribution in [1.29, 1.82) is 0 Å². The van der Waals surface area contributed by atoms with E-state index in [2.05, 4.69) is 9.88 Å². The molecule has 0 unspecified atom stereocenters. The van der Waals surface area contributed by atoms with E-state index >= 15 is 0 Å². The smallest absolute Gasteiger partial charge is 0.322 e. The topological polar surface area (TPSA) is 37.3 Å². The van der Waals surface area contributed by atoms with Crippen LogP contribution in [0.1, 0.15) is 43.4 Å². The molecule has 1 aliphatic rings. The van der Waals surface area contributed by atoms with Crippen molar-refractivity contribution in [1.82, 2.24) is 9.47 Å². The number of rotatable bonds is 6. The molecular formula is C25H26Cl2FN3O. The molecule has 1 fully saturated rings. The van der Waals surface area contributed by atoms with E-state index in [4.69, 9.17) is 23.2 Å². The third-order valence-corrected chi connectivity index (χ3v) is 6.71. The lowest BCUT2D eigenvalue weighted by atomic mass is 9.94. The molecule has 3 aromatic rings. The molecule has 1 heterocycles. The van der Waals surface area contributed by atoms with Crippen LogP contribution in [0.3, 0.4) is 0 Å². The zero-order valence-corrected chi connectivity index (χ0v) is 19.2. The van der Waals surface area contributed by atoms with Crippen LogP contribution in [-0.2, 0) is 13.1 Å². The minimum absolute atomic E-state index is 0.148. The number of benzene rings is 2. The lowest BCUT2D eigenvalue weighted by Gasteiger charge is -2.34. The quantitative estimate of drug-likeness (QED) is 0.399. The van der Waals surface area contributed by atoms with E-state index in [0.717, 1.165) is 36.9 Å². The largest absolute Gasteiger partial charge is 0.345 e. The average Bonchev–Trinajstić information content (AvgIpc) is 3.23. The van der Waals surface area contributed by atoms with Crippen LogP contribution in [0.5, 0.6) is 0 Å². The maximum absolute atomic E-state index is 13.3. The fourth-order valence-corrected chi connectivity index (χ4v) is 4.53. The van der Waals surface area contributed by atoms with Gasteiger partial charge in [-0.1, -0.05) is 54.6 Å². The maximum Gasteiger partial charge on any atom is 0.322 e. The highest BCUT2D eigenvalue weighted by atomic mass is 35.5. The Labute approximate surface area is 197 Å². The molecule has 4 rings (SSSR count). The van der Waals surface area contributed by atoms with Crippen molar-refractivity contribution in [2.45, 2.75) is 51.2 Å². The van der Waals surface area contributed by atoms with Gasteiger partial charge in [0.05, 0.1) is 16.6 Å². The van der Waals surface area contributed by atoms with Gasteiger partial charge in [0.15, 0.2) is 0 Å². The Morgan fingerprint density at radius 2 is 1.78 bits per heavy atom. The van der Waals surface area contributed by atoms with Crippen LogP contribution in [0.15, 0.2) is 60.8 Å². The predicted octanol–water partition coefficient (Wildman–Crippen LogP) is 7.35. The van der Waals surface area contributed by atoms with Crippen LogP contribution in [0.2, 0.25) is 10.0 Å². The molecule has 2 amide bonds. The summed E-state index contributed by atoms with van der Waals surface area (Å²) in [5, 5.41) is 3.84. The minimum Gasteiger partial charge on any atom is -0.345 e. The molecule has 1 aromatic heterocycles. The lowest BCUT2D eigenvalue weighted by molar-refractivity contribution is 0.161. The maximum atomic E-state index is 13.3. The molecule has 2 aromatic carbocycles. The van der Waals surface area contributed by atoms with E-state index in [0.29, 0.717) is 28.8 Å². The number of amides is 2. The van der Waals surface area contributed by atoms with Gasteiger partial charge < -0.3 is 14.8 Å². The molecule has 0 atom stereocenters. The van der Waals surface area contributed by atoms with Gasteiger partial charge in [-0.15, -0.1) is 0 Å². The first-order valence-corrected chi connectivity index (χ1v) is 11.7. The summed E-state index contributed by atoms with van der Waals surface area (Å²) in [6.45, 7) is 1.11. The van der Waals surface area contributed by atoms with E-state index in [1.165, 1.54) is 18.6 Å². The standard InChI is InChI=1S/C25H26Cl2FN3O/c26-23-13-12-20(15-24(23)27)29-25(32)31(21-5-2-1-3-6-21)17-22-7-4-14-30(22)16-18-8-10-19(28)11-9-18/h4,7-15,21H,1-3,5-6,16-17H2,(H,29,32). The Morgan fingerprint density at radius 3 is 2.50 bits per heavy atom. The summed E-state index contributed by atoms with van der Waals surface area (Å²) in [6.07, 6.45) is 7.44. The summed E-state index contributed by atoms with van der Waals surface area (Å²) < 4.78 is 15.4. The van der Waals surface area contributed by atoms with Gasteiger partial charge in [-0.3, -0.25) is 0 Å². The number of urea groups is 1. The van der Waals surface area contributed by atoms with E-state index < -0.39 is 0 Å². The molecule has 4 nitrogen and oxygen atoms in total. The summed E-state index contributed by atoms with van der Waals surface area (Å²) in [5.74, 6) is -0.246. The number of carbonyl (C=O) groups excluding carboxylic acids is 1. The summed E-state index contributed by atoms with van der Waals surface area (Å²) in [7, 11) is 0. The molecule has 32 heavy (non-hydrogen) atoms. The Morgan fingerprint density at radius 1 is 1.03 bits per heavy atom. The highest BCUT2D eigenvalue weighted by molar-refractivity contribution is 6.42. The molecular weight excluding hydrogens is 448 g/mol. The first kappa shape index (κ1) is 22.7. The van der Waals surface area contributed by atoms with Gasteiger partial charge >= 0.3 is 6.03 Å². The van der Waals surface area contributed by atoms with Crippen LogP contribution < -0.4 is 5.32 Å². The molecule has 0 saturated heterocycles. The zero-order valence-electron chi connectivity index (χ0n) is 17.7. The van der Waals surface area contributed by atoms with Crippen LogP contribution in [0.25, 0.3) is 0 Å². The minimum atomic E-state index is -0.246. The van der Waals surface area contributed by atoms with E-state index in [9.17, 15) is 9.18 Å². The van der Waals surface area contributed by atoms with E-state index in [1.807, 2.05) is 23.2 Å². The van der Waals surface area contributed by atoms with Gasteiger partial charge in [0.25, 0.3) is 0 Å². The third-order valence-electron chi connectivity index (χ3n) is 5.97. The van der Waals surface area contributed by atoms with Gasteiger partial charge in [-0.2, -0.15) is 0 Å². The van der Waals surface area contributed by atoms with Crippen molar-refractivity contribution >= 4 is 34.9 Å². The number of carbonyl (C=O) groups is 1. The molecule has 0 aliphatic heterocycles. The zero-order chi connectivity index (χ0) is 22.5. The second-order valence-corrected chi connectivity index (χ2v) is 9.05. The number of nitrogens with zero attached hydrogens (tertiary/aromatic N) is 2. The highest BCUT2D eigenvalue weighted by Crippen LogP contribution is 2.28. The Hall–Kier alpha value is -2.50. The highest BCUT2D eigenvalue weighted by Gasteiger charge is 2.26. The summed E-state index contributed by atoms with van der Waals surface area (Å²) in [4.78, 5) is 15.3. The van der Waals surface area contributed by atoms with Crippen LogP contribution in [0, 0.1) is 5.82 Å². The summed E-state index contributed by atoms with van der Waals surface area (Å²) in [6, 6.07) is 15.7. The van der Waals surface area contributed by atoms with Gasteiger partial charge in [0.1, 0.15) is 5.82 Å². The van der Waals surface area contributed by atoms with Gasteiger partial charge in [0, 0.05) is 30.2 Å². The molecule has 168 valence electrons. The summed E-state index contributed by atoms with van der Waals surface area (Å²) in [5.41, 5.74) is 2.66. The fraction of sp³-hybridized carbons (Fsp3) is 0.320. The summed E-state index contributed by atoms with van der Waals surface area (Å²) >= 11 is 12.1. The van der Waals surface area contributed by atoms with Crippen LogP contribution in [0.4, 0.5) is 14.9 Å². The van der Waals surface area contributed by atoms with Gasteiger partial charge in [-0.05, 0) is 60.9 Å². The second-order valence-electron chi connectivity index (χ2n) is 8.23. The van der Waals surface area contributed by atoms with Crippen molar-refractivity contribution in [3.63, 3.8) is 0 Å². The number of nitrogens with one attached hydrogen (secondary N) is 1. The molecule has 7 heteroatoms. The fourth-order valence-electron chi connectivity index (χ4n) is 4.24. The number of halogens is 3. The van der Waals surface area contributed by atoms with Gasteiger partial charge in [0.2, 0.25) is 0 Å². The van der Waals surface area contributed by atoms with Crippen molar-refractivity contribution < 1.29 is 9.18 Å². The Balaban J connectivity index is 1.53. The normalized spacial score (nSPS) is 14.3. The van der Waals surface area contributed by atoms with Gasteiger partial charge in [-0.25, -0.2) is 9.18 Å². The monoisotopic (exact) mass is 473 g/mol. The molecule has 1 aliphatic carbocycles. The van der Waals surface area contributed by atoms with Crippen molar-refractivity contribution in [2.75, 3.05) is 5.32 Å². The molecule has 0 radical (unpaired) electrons. The first-order chi connectivity index (χ1) is 15.5. The second kappa shape index (κ2) is 10.4. The first-order valence-electron chi connectivity index (χ1n) is 10.9. The Bertz CT molecular complexity index is 1060. The van der Waals surface area contributed by atoms with Crippen molar-refractivity contribution in [2.24, 2.45) is 0 Å². The molecule has 0 bridgehead atoms. The SMILES string of the molecule is O=C(Nc1ccc(Cl)c(Cl)c1)N(Cc1cccn1Cc1ccc(F)cc1)C1CCCCC1. The Kier molecular flexibility index (Phi) is 7.38. The molecule has 0 spiro atoms. The predicted molar refractivity (Wildman–Crippen MR) is 128 cm³/mol.